The first-order valence-electron chi connectivity index (χ1n) is 8.71. The van der Waals surface area contributed by atoms with E-state index < -0.39 is 0 Å². The number of rotatable bonds is 6. The number of nitrogens with zero attached hydrogens (tertiary/aromatic N) is 3. The average molecular weight is 369 g/mol. The van der Waals surface area contributed by atoms with Crippen molar-refractivity contribution in [2.45, 2.75) is 40.2 Å². The molecule has 5 nitrogen and oxygen atoms in total. The van der Waals surface area contributed by atoms with Crippen LogP contribution in [0.3, 0.4) is 0 Å². The van der Waals surface area contributed by atoms with Crippen molar-refractivity contribution in [3.63, 3.8) is 0 Å². The number of benzene rings is 1. The van der Waals surface area contributed by atoms with E-state index in [-0.39, 0.29) is 5.91 Å². The van der Waals surface area contributed by atoms with Crippen LogP contribution in [0.25, 0.3) is 10.6 Å². The lowest BCUT2D eigenvalue weighted by molar-refractivity contribution is -0.121. The molecule has 2 heterocycles. The minimum atomic E-state index is 0.0396. The Labute approximate surface area is 158 Å². The molecule has 1 aromatic carbocycles. The van der Waals surface area contributed by atoms with E-state index in [4.69, 9.17) is 0 Å². The highest BCUT2D eigenvalue weighted by molar-refractivity contribution is 7.13. The smallest absolute Gasteiger partial charge is 0.220 e. The predicted molar refractivity (Wildman–Crippen MR) is 105 cm³/mol. The molecule has 3 rings (SSSR count). The normalized spacial score (nSPS) is 10.9. The van der Waals surface area contributed by atoms with Gasteiger partial charge >= 0.3 is 0 Å². The molecule has 0 bridgehead atoms. The number of carbonyl (C=O) groups is 1. The molecule has 0 aliphatic rings. The van der Waals surface area contributed by atoms with Crippen LogP contribution in [0.4, 0.5) is 0 Å². The van der Waals surface area contributed by atoms with E-state index in [1.165, 1.54) is 5.56 Å². The van der Waals surface area contributed by atoms with Crippen molar-refractivity contribution in [3.8, 4) is 10.6 Å². The van der Waals surface area contributed by atoms with E-state index in [0.29, 0.717) is 19.4 Å². The van der Waals surface area contributed by atoms with Gasteiger partial charge in [0.05, 0.1) is 17.9 Å². The van der Waals surface area contributed by atoms with Crippen LogP contribution in [-0.4, -0.2) is 20.7 Å². The van der Waals surface area contributed by atoms with Crippen LogP contribution in [0.2, 0.25) is 0 Å². The summed E-state index contributed by atoms with van der Waals surface area (Å²) in [5.41, 5.74) is 6.52. The molecule has 2 aromatic heterocycles. The first kappa shape index (κ1) is 18.3. The Morgan fingerprint density at radius 1 is 1.27 bits per heavy atom. The third-order valence-corrected chi connectivity index (χ3v) is 5.48. The standard InChI is InChI=1S/C20H24N4OS/c1-13-6-5-7-16(10-13)20-22-17(12-26-20)11-21-19(25)9-8-18-14(2)23-24(4)15(18)3/h5-7,10,12H,8-9,11H2,1-4H3,(H,21,25). The monoisotopic (exact) mass is 368 g/mol. The van der Waals surface area contributed by atoms with Crippen LogP contribution in [-0.2, 0) is 24.8 Å². The number of amides is 1. The summed E-state index contributed by atoms with van der Waals surface area (Å²) in [5.74, 6) is 0.0396. The molecular weight excluding hydrogens is 344 g/mol. The van der Waals surface area contributed by atoms with Gasteiger partial charge in [-0.05, 0) is 38.8 Å². The van der Waals surface area contributed by atoms with Crippen molar-refractivity contribution in [1.29, 1.82) is 0 Å². The highest BCUT2D eigenvalue weighted by Gasteiger charge is 2.12. The number of hydrogen-bond donors (Lipinski definition) is 1. The van der Waals surface area contributed by atoms with Gasteiger partial charge in [0, 0.05) is 30.1 Å². The van der Waals surface area contributed by atoms with Gasteiger partial charge in [0.25, 0.3) is 0 Å². The van der Waals surface area contributed by atoms with Crippen molar-refractivity contribution >= 4 is 17.2 Å². The molecular formula is C20H24N4OS. The summed E-state index contributed by atoms with van der Waals surface area (Å²) in [6.07, 6.45) is 1.17. The summed E-state index contributed by atoms with van der Waals surface area (Å²) in [6, 6.07) is 8.30. The van der Waals surface area contributed by atoms with Crippen LogP contribution in [0.1, 0.15) is 34.6 Å². The summed E-state index contributed by atoms with van der Waals surface area (Å²) in [7, 11) is 1.93. The average Bonchev–Trinajstić information content (AvgIpc) is 3.17. The second kappa shape index (κ2) is 7.83. The van der Waals surface area contributed by atoms with Gasteiger partial charge in [-0.3, -0.25) is 9.48 Å². The lowest BCUT2D eigenvalue weighted by Crippen LogP contribution is -2.23. The molecule has 26 heavy (non-hydrogen) atoms. The van der Waals surface area contributed by atoms with Crippen molar-refractivity contribution < 1.29 is 4.79 Å². The zero-order chi connectivity index (χ0) is 18.7. The predicted octanol–water partition coefficient (Wildman–Crippen LogP) is 3.72. The van der Waals surface area contributed by atoms with Crippen LogP contribution in [0.15, 0.2) is 29.6 Å². The fraction of sp³-hybridized carbons (Fsp3) is 0.350. The number of hydrogen-bond acceptors (Lipinski definition) is 4. The summed E-state index contributed by atoms with van der Waals surface area (Å²) in [5, 5.41) is 10.4. The molecule has 1 N–H and O–H groups in total. The first-order valence-corrected chi connectivity index (χ1v) is 9.59. The molecule has 0 fully saturated rings. The van der Waals surface area contributed by atoms with E-state index in [1.807, 2.05) is 37.0 Å². The zero-order valence-corrected chi connectivity index (χ0v) is 16.5. The van der Waals surface area contributed by atoms with Crippen molar-refractivity contribution in [1.82, 2.24) is 20.1 Å². The fourth-order valence-electron chi connectivity index (χ4n) is 2.99. The molecule has 0 unspecified atom stereocenters. The highest BCUT2D eigenvalue weighted by Crippen LogP contribution is 2.24. The maximum Gasteiger partial charge on any atom is 0.220 e. The lowest BCUT2D eigenvalue weighted by atomic mass is 10.1. The minimum absolute atomic E-state index is 0.0396. The van der Waals surface area contributed by atoms with Crippen LogP contribution < -0.4 is 5.32 Å². The maximum atomic E-state index is 12.2. The Kier molecular flexibility index (Phi) is 5.52. The van der Waals surface area contributed by atoms with Crippen molar-refractivity contribution in [3.05, 3.63) is 57.9 Å². The number of thiazole rings is 1. The molecule has 6 heteroatoms. The van der Waals surface area contributed by atoms with E-state index >= 15 is 0 Å². The molecule has 0 saturated heterocycles. The maximum absolute atomic E-state index is 12.2. The first-order chi connectivity index (χ1) is 12.4. The van der Waals surface area contributed by atoms with Crippen LogP contribution >= 0.6 is 11.3 Å². The summed E-state index contributed by atoms with van der Waals surface area (Å²) in [6.45, 7) is 6.56. The van der Waals surface area contributed by atoms with Gasteiger partial charge in [-0.1, -0.05) is 23.8 Å². The number of carbonyl (C=O) groups excluding carboxylic acids is 1. The van der Waals surface area contributed by atoms with Gasteiger partial charge in [0.15, 0.2) is 0 Å². The molecule has 1 amide bonds. The van der Waals surface area contributed by atoms with Gasteiger partial charge < -0.3 is 5.32 Å². The van der Waals surface area contributed by atoms with Crippen molar-refractivity contribution in [2.75, 3.05) is 0 Å². The Morgan fingerprint density at radius 3 is 2.77 bits per heavy atom. The van der Waals surface area contributed by atoms with Crippen molar-refractivity contribution in [2.24, 2.45) is 7.05 Å². The highest BCUT2D eigenvalue weighted by atomic mass is 32.1. The minimum Gasteiger partial charge on any atom is -0.350 e. The molecule has 0 atom stereocenters. The SMILES string of the molecule is Cc1cccc(-c2nc(CNC(=O)CCc3c(C)nn(C)c3C)cs2)c1. The lowest BCUT2D eigenvalue weighted by Gasteiger charge is -2.04. The van der Waals surface area contributed by atoms with Gasteiger partial charge in [0.2, 0.25) is 5.91 Å². The Balaban J connectivity index is 1.53. The second-order valence-corrected chi connectivity index (χ2v) is 7.42. The quantitative estimate of drug-likeness (QED) is 0.721. The third kappa shape index (κ3) is 4.19. The Morgan fingerprint density at radius 2 is 2.08 bits per heavy atom. The number of nitrogens with one attached hydrogen (secondary N) is 1. The largest absolute Gasteiger partial charge is 0.350 e. The molecule has 0 radical (unpaired) electrons. The van der Waals surface area contributed by atoms with Gasteiger partial charge in [-0.2, -0.15) is 5.10 Å². The molecule has 3 aromatic rings. The topological polar surface area (TPSA) is 59.8 Å². The van der Waals surface area contributed by atoms with Gasteiger partial charge in [-0.25, -0.2) is 4.98 Å². The summed E-state index contributed by atoms with van der Waals surface area (Å²) >= 11 is 1.61. The van der Waals surface area contributed by atoms with E-state index in [9.17, 15) is 4.79 Å². The van der Waals surface area contributed by atoms with Crippen LogP contribution in [0.5, 0.6) is 0 Å². The number of aryl methyl sites for hydroxylation is 3. The van der Waals surface area contributed by atoms with Crippen LogP contribution in [0, 0.1) is 20.8 Å². The van der Waals surface area contributed by atoms with E-state index in [2.05, 4.69) is 40.5 Å². The fourth-order valence-corrected chi connectivity index (χ4v) is 3.81. The third-order valence-electron chi connectivity index (χ3n) is 4.54. The Bertz CT molecular complexity index is 926. The van der Waals surface area contributed by atoms with Gasteiger partial charge in [-0.15, -0.1) is 11.3 Å². The Hall–Kier alpha value is -2.47. The molecule has 0 spiro atoms. The van der Waals surface area contributed by atoms with E-state index in [0.717, 1.165) is 33.2 Å². The number of aromatic nitrogens is 3. The second-order valence-electron chi connectivity index (χ2n) is 6.56. The van der Waals surface area contributed by atoms with Gasteiger partial charge in [0.1, 0.15) is 5.01 Å². The molecule has 0 aliphatic carbocycles. The molecule has 0 saturated carbocycles. The summed E-state index contributed by atoms with van der Waals surface area (Å²) in [4.78, 5) is 16.8. The summed E-state index contributed by atoms with van der Waals surface area (Å²) < 4.78 is 1.87. The molecule has 0 aliphatic heterocycles. The molecule has 136 valence electrons. The van der Waals surface area contributed by atoms with E-state index in [1.54, 1.807) is 11.3 Å². The zero-order valence-electron chi connectivity index (χ0n) is 15.7.